The first-order valence-corrected chi connectivity index (χ1v) is 14.1. The molecule has 0 spiro atoms. The monoisotopic (exact) mass is 713 g/mol. The van der Waals surface area contributed by atoms with Crippen LogP contribution in [0.3, 0.4) is 0 Å². The van der Waals surface area contributed by atoms with E-state index < -0.39 is 22.9 Å². The molecule has 0 saturated carbocycles. The SMILES string of the molecule is CC(C)[C@@H]1N=C([B-](C2=N[C@@H](C(C)C)C(C)(C)O2)(C2=N[C@@H](C(C)C)C(C)(C)O2)c2ccccc2)OC1(C)C.[Tl+]. The first-order chi connectivity index (χ1) is 17.0. The summed E-state index contributed by atoms with van der Waals surface area (Å²) in [7, 11) is 0. The van der Waals surface area contributed by atoms with E-state index in [0.717, 1.165) is 5.46 Å². The third-order valence-electron chi connectivity index (χ3n) is 8.34. The number of hydrogen-bond acceptors (Lipinski definition) is 6. The third-order valence-corrected chi connectivity index (χ3v) is 8.34. The second-order valence-electron chi connectivity index (χ2n) is 13.9. The van der Waals surface area contributed by atoms with E-state index in [-0.39, 0.29) is 45.4 Å². The average molecular weight is 713 g/mol. The van der Waals surface area contributed by atoms with Gasteiger partial charge in [-0.3, -0.25) is 15.0 Å². The minimum Gasteiger partial charge on any atom is -0.512 e. The molecule has 0 unspecified atom stereocenters. The van der Waals surface area contributed by atoms with Crippen LogP contribution in [0.5, 0.6) is 0 Å². The molecule has 3 heterocycles. The van der Waals surface area contributed by atoms with Gasteiger partial charge < -0.3 is 14.2 Å². The molecule has 1 aromatic carbocycles. The van der Waals surface area contributed by atoms with Gasteiger partial charge >= 0.3 is 27.3 Å². The topological polar surface area (TPSA) is 64.8 Å². The summed E-state index contributed by atoms with van der Waals surface area (Å²) >= 11 is 0. The molecular formula is C30H47BN3O3Tl. The van der Waals surface area contributed by atoms with E-state index in [1.807, 2.05) is 18.2 Å². The molecule has 0 aromatic heterocycles. The number of ether oxygens (including phenoxy) is 3. The molecule has 4 rings (SSSR count). The van der Waals surface area contributed by atoms with Gasteiger partial charge in [0, 0.05) is 17.4 Å². The molecule has 3 aliphatic heterocycles. The Balaban J connectivity index is 0.00000400. The molecule has 0 saturated heterocycles. The summed E-state index contributed by atoms with van der Waals surface area (Å²) in [4.78, 5) is 15.9. The van der Waals surface area contributed by atoms with Crippen molar-refractivity contribution in [1.82, 2.24) is 0 Å². The van der Waals surface area contributed by atoms with Crippen molar-refractivity contribution in [3.8, 4) is 0 Å². The average Bonchev–Trinajstić information content (AvgIpc) is 3.39. The van der Waals surface area contributed by atoms with Crippen molar-refractivity contribution >= 4 is 56.3 Å². The second-order valence-corrected chi connectivity index (χ2v) is 13.9. The van der Waals surface area contributed by atoms with Crippen molar-refractivity contribution in [1.29, 1.82) is 0 Å². The van der Waals surface area contributed by atoms with Crippen molar-refractivity contribution in [3.63, 3.8) is 0 Å². The minimum atomic E-state index is -2.11. The van der Waals surface area contributed by atoms with Crippen LogP contribution < -0.4 is 5.46 Å². The van der Waals surface area contributed by atoms with Gasteiger partial charge in [0.05, 0.1) is 18.1 Å². The molecule has 1 aromatic rings. The van der Waals surface area contributed by atoms with E-state index >= 15 is 0 Å². The first kappa shape index (κ1) is 31.1. The first-order valence-electron chi connectivity index (χ1n) is 14.1. The molecule has 206 valence electrons. The zero-order valence-electron chi connectivity index (χ0n) is 25.6. The summed E-state index contributed by atoms with van der Waals surface area (Å²) in [6.45, 7) is 25.9. The Morgan fingerprint density at radius 1 is 0.579 bits per heavy atom. The van der Waals surface area contributed by atoms with Crippen LogP contribution in [-0.2, 0) is 14.2 Å². The molecule has 0 N–H and O–H groups in total. The fourth-order valence-electron chi connectivity index (χ4n) is 6.89. The Kier molecular flexibility index (Phi) is 8.64. The standard InChI is InChI=1S/C30H47BN3O3.Tl/c1-18(2)22-28(7,8)35-25(32-22)31(21-16-14-13-15-17-21,26-33-23(19(3)4)29(9,10)36-26)27-34-24(20(5)6)30(11,12)37-27;/h13-20,22-24H,1-12H3;/q-1;+1/t22-,23-,24-;/m0./s1. The summed E-state index contributed by atoms with van der Waals surface area (Å²) in [6.07, 6.45) is -2.11. The van der Waals surface area contributed by atoms with Gasteiger partial charge in [-0.15, -0.1) is 0 Å². The van der Waals surface area contributed by atoms with Crippen molar-refractivity contribution < 1.29 is 14.2 Å². The quantitative estimate of drug-likeness (QED) is 0.362. The van der Waals surface area contributed by atoms with Gasteiger partial charge in [0.2, 0.25) is 0 Å². The van der Waals surface area contributed by atoms with Crippen molar-refractivity contribution in [2.24, 2.45) is 32.7 Å². The maximum absolute atomic E-state index is 6.85. The predicted molar refractivity (Wildman–Crippen MR) is 161 cm³/mol. The summed E-state index contributed by atoms with van der Waals surface area (Å²) in [5, 5.41) is 0. The molecule has 38 heavy (non-hydrogen) atoms. The van der Waals surface area contributed by atoms with Gasteiger partial charge in [-0.25, -0.2) is 0 Å². The minimum absolute atomic E-state index is 0. The summed E-state index contributed by atoms with van der Waals surface area (Å²) < 4.78 is 20.6. The summed E-state index contributed by atoms with van der Waals surface area (Å²) in [5.74, 6) is 2.76. The van der Waals surface area contributed by atoms with Crippen LogP contribution in [0.4, 0.5) is 0 Å². The zero-order valence-corrected chi connectivity index (χ0v) is 30.1. The molecule has 0 aliphatic carbocycles. The van der Waals surface area contributed by atoms with E-state index in [9.17, 15) is 0 Å². The van der Waals surface area contributed by atoms with Crippen molar-refractivity contribution in [2.75, 3.05) is 0 Å². The van der Waals surface area contributed by atoms with E-state index in [1.54, 1.807) is 0 Å². The van der Waals surface area contributed by atoms with Gasteiger partial charge in [-0.05, 0) is 59.3 Å². The Morgan fingerprint density at radius 2 is 0.868 bits per heavy atom. The molecule has 3 atom stereocenters. The molecular weight excluding hydrogens is 666 g/mol. The number of nitrogens with zero attached hydrogens (tertiary/aromatic N) is 3. The summed E-state index contributed by atoms with van der Waals surface area (Å²) in [5.41, 5.74) is -0.448. The molecule has 0 fully saturated rings. The van der Waals surface area contributed by atoms with Crippen LogP contribution in [0.1, 0.15) is 83.1 Å². The molecule has 6 nitrogen and oxygen atoms in total. The third kappa shape index (κ3) is 5.10. The fraction of sp³-hybridized carbons (Fsp3) is 0.700. The smallest absolute Gasteiger partial charge is 0.512 e. The molecule has 8 heteroatoms. The van der Waals surface area contributed by atoms with Crippen LogP contribution >= 0.6 is 0 Å². The van der Waals surface area contributed by atoms with E-state index in [2.05, 4.69) is 95.2 Å². The maximum Gasteiger partial charge on any atom is 1.00 e. The molecule has 3 aliphatic rings. The van der Waals surface area contributed by atoms with Gasteiger partial charge in [0.1, 0.15) is 16.8 Å². The van der Waals surface area contributed by atoms with Gasteiger partial charge in [-0.1, -0.05) is 71.9 Å². The Hall–Kier alpha value is -1.38. The Labute approximate surface area is 250 Å². The maximum atomic E-state index is 6.85. The molecule has 0 radical (unpaired) electrons. The Morgan fingerprint density at radius 3 is 1.11 bits per heavy atom. The van der Waals surface area contributed by atoms with E-state index in [4.69, 9.17) is 29.2 Å². The van der Waals surface area contributed by atoms with E-state index in [1.165, 1.54) is 0 Å². The second kappa shape index (κ2) is 10.5. The predicted octanol–water partition coefficient (Wildman–Crippen LogP) is 5.27. The van der Waals surface area contributed by atoms with Crippen LogP contribution in [0.2, 0.25) is 0 Å². The van der Waals surface area contributed by atoms with Crippen molar-refractivity contribution in [3.05, 3.63) is 30.3 Å². The number of hydrogen-bond donors (Lipinski definition) is 0. The van der Waals surface area contributed by atoms with Crippen LogP contribution in [0.15, 0.2) is 45.3 Å². The largest absolute Gasteiger partial charge is 1.00 e. The molecule has 0 amide bonds. The van der Waals surface area contributed by atoms with Gasteiger partial charge in [-0.2, -0.15) is 5.46 Å². The van der Waals surface area contributed by atoms with Crippen LogP contribution in [0.25, 0.3) is 0 Å². The zero-order chi connectivity index (χ0) is 27.6. The number of aliphatic imine (C=N–C) groups is 3. The van der Waals surface area contributed by atoms with Gasteiger partial charge in [0.25, 0.3) is 6.15 Å². The summed E-state index contributed by atoms with van der Waals surface area (Å²) in [6, 6.07) is 10.3. The van der Waals surface area contributed by atoms with Crippen LogP contribution in [0, 0.1) is 17.8 Å². The Bertz CT molecular complexity index is 1000. The molecule has 0 bridgehead atoms. The number of rotatable bonds is 7. The normalized spacial score (nSPS) is 27.3. The van der Waals surface area contributed by atoms with Gasteiger partial charge in [0.15, 0.2) is 0 Å². The number of benzene rings is 1. The van der Waals surface area contributed by atoms with E-state index in [0.29, 0.717) is 35.1 Å². The fourth-order valence-corrected chi connectivity index (χ4v) is 6.89. The van der Waals surface area contributed by atoms with Crippen LogP contribution in [-0.4, -0.2) is 85.8 Å². The van der Waals surface area contributed by atoms with Crippen molar-refractivity contribution in [2.45, 2.75) is 118 Å².